The molecule has 0 aliphatic carbocycles. The fourth-order valence-corrected chi connectivity index (χ4v) is 2.12. The molecule has 1 aromatic carbocycles. The summed E-state index contributed by atoms with van der Waals surface area (Å²) in [6.07, 6.45) is 1.99. The van der Waals surface area contributed by atoms with Crippen molar-refractivity contribution in [2.75, 3.05) is 5.32 Å². The van der Waals surface area contributed by atoms with Crippen LogP contribution in [0.1, 0.15) is 40.5 Å². The molecular weight excluding hydrogens is 238 g/mol. The molecule has 1 aromatic heterocycles. The number of aryl methyl sites for hydroxylation is 3. The minimum atomic E-state index is -0.124. The zero-order chi connectivity index (χ0) is 13.8. The van der Waals surface area contributed by atoms with Crippen molar-refractivity contribution in [2.45, 2.75) is 33.6 Å². The molecule has 0 saturated carbocycles. The maximum absolute atomic E-state index is 12.1. The van der Waals surface area contributed by atoms with E-state index in [1.54, 1.807) is 0 Å². The Balaban J connectivity index is 2.11. The smallest absolute Gasteiger partial charge is 0.256 e. The van der Waals surface area contributed by atoms with Crippen LogP contribution in [0.4, 0.5) is 5.82 Å². The first kappa shape index (κ1) is 13.3. The Bertz CT molecular complexity index is 567. The highest BCUT2D eigenvalue weighted by atomic mass is 16.1. The molecular formula is C15H19N3O. The van der Waals surface area contributed by atoms with Gasteiger partial charge in [-0.2, -0.15) is 5.10 Å². The first-order valence-electron chi connectivity index (χ1n) is 6.52. The molecule has 4 heteroatoms. The molecule has 0 fully saturated rings. The summed E-state index contributed by atoms with van der Waals surface area (Å²) in [6.45, 7) is 6.07. The van der Waals surface area contributed by atoms with Crippen LogP contribution in [0.2, 0.25) is 0 Å². The molecule has 2 rings (SSSR count). The van der Waals surface area contributed by atoms with Crippen LogP contribution in [-0.4, -0.2) is 16.1 Å². The summed E-state index contributed by atoms with van der Waals surface area (Å²) >= 11 is 0. The minimum Gasteiger partial charge on any atom is -0.305 e. The summed E-state index contributed by atoms with van der Waals surface area (Å²) in [5.41, 5.74) is 3.87. The van der Waals surface area contributed by atoms with Gasteiger partial charge in [-0.05, 0) is 32.4 Å². The monoisotopic (exact) mass is 257 g/mol. The van der Waals surface area contributed by atoms with Crippen LogP contribution < -0.4 is 5.32 Å². The van der Waals surface area contributed by atoms with Gasteiger partial charge in [-0.15, -0.1) is 0 Å². The summed E-state index contributed by atoms with van der Waals surface area (Å²) in [5.74, 6) is 0.453. The third-order valence-electron chi connectivity index (χ3n) is 2.88. The first-order valence-corrected chi connectivity index (χ1v) is 6.52. The Kier molecular flexibility index (Phi) is 4.00. The Morgan fingerprint density at radius 2 is 1.89 bits per heavy atom. The number of hydrogen-bond acceptors (Lipinski definition) is 2. The van der Waals surface area contributed by atoms with Crippen LogP contribution in [-0.2, 0) is 6.42 Å². The highest BCUT2D eigenvalue weighted by Gasteiger charge is 2.09. The molecule has 100 valence electrons. The molecule has 2 N–H and O–H groups in total. The Morgan fingerprint density at radius 1 is 1.21 bits per heavy atom. The van der Waals surface area contributed by atoms with Gasteiger partial charge in [-0.25, -0.2) is 0 Å². The summed E-state index contributed by atoms with van der Waals surface area (Å²) in [7, 11) is 0. The molecule has 1 heterocycles. The molecule has 0 aliphatic rings. The van der Waals surface area contributed by atoms with Crippen LogP contribution in [0.25, 0.3) is 0 Å². The molecule has 1 amide bonds. The van der Waals surface area contributed by atoms with Gasteiger partial charge in [-0.3, -0.25) is 9.89 Å². The number of aromatic nitrogens is 2. The normalized spacial score (nSPS) is 10.5. The SMILES string of the molecule is CCCc1cc(NC(=O)c2cc(C)cc(C)c2)n[nH]1. The molecule has 0 radical (unpaired) electrons. The standard InChI is InChI=1S/C15H19N3O/c1-4-5-13-9-14(18-17-13)16-15(19)12-7-10(2)6-11(3)8-12/h6-9H,4-5H2,1-3H3,(H2,16,17,18,19). The van der Waals surface area contributed by atoms with Gasteiger partial charge in [0.25, 0.3) is 5.91 Å². The molecule has 0 spiro atoms. The van der Waals surface area contributed by atoms with Gasteiger partial charge in [0.05, 0.1) is 0 Å². The van der Waals surface area contributed by atoms with Crippen molar-refractivity contribution in [3.05, 3.63) is 46.6 Å². The maximum Gasteiger partial charge on any atom is 0.256 e. The quantitative estimate of drug-likeness (QED) is 0.883. The van der Waals surface area contributed by atoms with Gasteiger partial charge in [-0.1, -0.05) is 30.5 Å². The maximum atomic E-state index is 12.1. The highest BCUT2D eigenvalue weighted by Crippen LogP contribution is 2.12. The number of benzene rings is 1. The van der Waals surface area contributed by atoms with E-state index in [1.807, 2.05) is 38.1 Å². The van der Waals surface area contributed by atoms with Gasteiger partial charge in [0.15, 0.2) is 5.82 Å². The molecule has 2 aromatic rings. The second-order valence-corrected chi connectivity index (χ2v) is 4.86. The van der Waals surface area contributed by atoms with E-state index in [0.717, 1.165) is 29.7 Å². The van der Waals surface area contributed by atoms with E-state index < -0.39 is 0 Å². The Morgan fingerprint density at radius 3 is 2.53 bits per heavy atom. The number of nitrogens with one attached hydrogen (secondary N) is 2. The number of carbonyl (C=O) groups is 1. The fourth-order valence-electron chi connectivity index (χ4n) is 2.12. The number of amides is 1. The first-order chi connectivity index (χ1) is 9.08. The van der Waals surface area contributed by atoms with Crippen molar-refractivity contribution in [3.63, 3.8) is 0 Å². The Hall–Kier alpha value is -2.10. The van der Waals surface area contributed by atoms with Crippen molar-refractivity contribution in [2.24, 2.45) is 0 Å². The predicted molar refractivity (Wildman–Crippen MR) is 76.5 cm³/mol. The average molecular weight is 257 g/mol. The van der Waals surface area contributed by atoms with Crippen LogP contribution in [0.15, 0.2) is 24.3 Å². The van der Waals surface area contributed by atoms with Gasteiger partial charge in [0, 0.05) is 17.3 Å². The number of H-pyrrole nitrogens is 1. The molecule has 0 bridgehead atoms. The lowest BCUT2D eigenvalue weighted by Gasteiger charge is -2.04. The van der Waals surface area contributed by atoms with Gasteiger partial charge < -0.3 is 5.32 Å². The zero-order valence-electron chi connectivity index (χ0n) is 11.6. The van der Waals surface area contributed by atoms with E-state index in [0.29, 0.717) is 11.4 Å². The lowest BCUT2D eigenvalue weighted by Crippen LogP contribution is -2.12. The van der Waals surface area contributed by atoms with Crippen molar-refractivity contribution in [3.8, 4) is 0 Å². The van der Waals surface area contributed by atoms with Crippen molar-refractivity contribution in [1.29, 1.82) is 0 Å². The third kappa shape index (κ3) is 3.44. The Labute approximate surface area is 113 Å². The second kappa shape index (κ2) is 5.69. The number of rotatable bonds is 4. The number of anilines is 1. The van der Waals surface area contributed by atoms with Crippen molar-refractivity contribution < 1.29 is 4.79 Å². The molecule has 0 unspecified atom stereocenters. The molecule has 0 saturated heterocycles. The van der Waals surface area contributed by atoms with E-state index in [-0.39, 0.29) is 5.91 Å². The summed E-state index contributed by atoms with van der Waals surface area (Å²) in [4.78, 5) is 12.1. The second-order valence-electron chi connectivity index (χ2n) is 4.86. The van der Waals surface area contributed by atoms with E-state index >= 15 is 0 Å². The lowest BCUT2D eigenvalue weighted by atomic mass is 10.1. The van der Waals surface area contributed by atoms with E-state index in [2.05, 4.69) is 22.4 Å². The molecule has 4 nitrogen and oxygen atoms in total. The molecule has 19 heavy (non-hydrogen) atoms. The van der Waals surface area contributed by atoms with Crippen LogP contribution in [0.5, 0.6) is 0 Å². The highest BCUT2D eigenvalue weighted by molar-refractivity contribution is 6.04. The lowest BCUT2D eigenvalue weighted by molar-refractivity contribution is 0.102. The largest absolute Gasteiger partial charge is 0.305 e. The summed E-state index contributed by atoms with van der Waals surface area (Å²) in [6, 6.07) is 7.68. The van der Waals surface area contributed by atoms with Gasteiger partial charge >= 0.3 is 0 Å². The summed E-state index contributed by atoms with van der Waals surface area (Å²) in [5, 5.41) is 9.82. The third-order valence-corrected chi connectivity index (χ3v) is 2.88. The topological polar surface area (TPSA) is 57.8 Å². The average Bonchev–Trinajstić information content (AvgIpc) is 2.76. The number of hydrogen-bond donors (Lipinski definition) is 2. The van der Waals surface area contributed by atoms with E-state index in [9.17, 15) is 4.79 Å². The van der Waals surface area contributed by atoms with Gasteiger partial charge in [0.2, 0.25) is 0 Å². The molecule has 0 atom stereocenters. The number of carbonyl (C=O) groups excluding carboxylic acids is 1. The fraction of sp³-hybridized carbons (Fsp3) is 0.333. The number of nitrogens with zero attached hydrogens (tertiary/aromatic N) is 1. The van der Waals surface area contributed by atoms with Gasteiger partial charge in [0.1, 0.15) is 0 Å². The van der Waals surface area contributed by atoms with Crippen molar-refractivity contribution in [1.82, 2.24) is 10.2 Å². The minimum absolute atomic E-state index is 0.124. The number of aromatic amines is 1. The van der Waals surface area contributed by atoms with Crippen LogP contribution in [0, 0.1) is 13.8 Å². The van der Waals surface area contributed by atoms with Crippen LogP contribution in [0.3, 0.4) is 0 Å². The van der Waals surface area contributed by atoms with E-state index in [1.165, 1.54) is 0 Å². The zero-order valence-corrected chi connectivity index (χ0v) is 11.6. The molecule has 0 aliphatic heterocycles. The summed E-state index contributed by atoms with van der Waals surface area (Å²) < 4.78 is 0. The van der Waals surface area contributed by atoms with E-state index in [4.69, 9.17) is 0 Å². The van der Waals surface area contributed by atoms with Crippen molar-refractivity contribution >= 4 is 11.7 Å². The van der Waals surface area contributed by atoms with Crippen LogP contribution >= 0.6 is 0 Å². The predicted octanol–water partition coefficient (Wildman–Crippen LogP) is 3.23.